The monoisotopic (exact) mass is 382 g/mol. The van der Waals surface area contributed by atoms with Crippen LogP contribution in [0.15, 0.2) is 53.1 Å². The number of hydrogen-bond donors (Lipinski definition) is 1. The molecular weight excluding hydrogens is 352 g/mol. The van der Waals surface area contributed by atoms with Crippen LogP contribution in [0.3, 0.4) is 0 Å². The highest BCUT2D eigenvalue weighted by molar-refractivity contribution is 5.95. The number of benzene rings is 1. The lowest BCUT2D eigenvalue weighted by molar-refractivity contribution is -0.135. The van der Waals surface area contributed by atoms with Crippen LogP contribution in [0.2, 0.25) is 0 Å². The number of rotatable bonds is 7. The number of carbonyl (C=O) groups is 2. The average molecular weight is 383 g/mol. The standard InChI is InChI=1S/C23H30N2O3/c1-17(2)21(24-22(26)20-9-6-16-28-20)23(27)25-14-12-19(13-15-25)11-10-18-7-4-3-5-8-18/h3-9,16-17,19,21H,10-15H2,1-2H3,(H,24,26)/t21-/m0/s1. The van der Waals surface area contributed by atoms with Crippen molar-refractivity contribution in [2.45, 2.75) is 45.6 Å². The SMILES string of the molecule is CC(C)[C@H](NC(=O)c1ccco1)C(=O)N1CCC(CCc2ccccc2)CC1. The largest absolute Gasteiger partial charge is 0.459 e. The van der Waals surface area contributed by atoms with Crippen LogP contribution >= 0.6 is 0 Å². The van der Waals surface area contributed by atoms with Crippen LogP contribution in [0.5, 0.6) is 0 Å². The summed E-state index contributed by atoms with van der Waals surface area (Å²) in [5.74, 6) is 0.575. The van der Waals surface area contributed by atoms with Crippen molar-refractivity contribution < 1.29 is 14.0 Å². The summed E-state index contributed by atoms with van der Waals surface area (Å²) in [6, 6.07) is 13.3. The first kappa shape index (κ1) is 20.2. The Labute approximate surface area is 167 Å². The van der Waals surface area contributed by atoms with Gasteiger partial charge in [-0.3, -0.25) is 9.59 Å². The highest BCUT2D eigenvalue weighted by Crippen LogP contribution is 2.23. The second-order valence-corrected chi connectivity index (χ2v) is 7.97. The normalized spacial score (nSPS) is 16.2. The molecule has 28 heavy (non-hydrogen) atoms. The molecule has 2 amide bonds. The summed E-state index contributed by atoms with van der Waals surface area (Å²) < 4.78 is 5.14. The molecule has 1 aromatic heterocycles. The fourth-order valence-corrected chi connectivity index (χ4v) is 3.79. The summed E-state index contributed by atoms with van der Waals surface area (Å²) in [5, 5.41) is 2.85. The summed E-state index contributed by atoms with van der Waals surface area (Å²) in [4.78, 5) is 27.2. The molecule has 1 fully saturated rings. The Hall–Kier alpha value is -2.56. The first-order valence-electron chi connectivity index (χ1n) is 10.2. The number of amides is 2. The van der Waals surface area contributed by atoms with Crippen molar-refractivity contribution >= 4 is 11.8 Å². The Morgan fingerprint density at radius 3 is 2.43 bits per heavy atom. The molecule has 1 N–H and O–H groups in total. The average Bonchev–Trinajstić information content (AvgIpc) is 3.26. The number of piperidine rings is 1. The van der Waals surface area contributed by atoms with Crippen molar-refractivity contribution in [2.24, 2.45) is 11.8 Å². The van der Waals surface area contributed by atoms with Crippen molar-refractivity contribution in [3.8, 4) is 0 Å². The van der Waals surface area contributed by atoms with E-state index in [4.69, 9.17) is 4.42 Å². The Bertz CT molecular complexity index is 747. The molecule has 1 aliphatic rings. The summed E-state index contributed by atoms with van der Waals surface area (Å²) in [6.07, 6.45) is 5.76. The van der Waals surface area contributed by atoms with Gasteiger partial charge in [0.25, 0.3) is 5.91 Å². The minimum absolute atomic E-state index is 0.0106. The van der Waals surface area contributed by atoms with Gasteiger partial charge in [-0.25, -0.2) is 0 Å². The fourth-order valence-electron chi connectivity index (χ4n) is 3.79. The Balaban J connectivity index is 1.50. The molecule has 150 valence electrons. The molecule has 1 aromatic carbocycles. The summed E-state index contributed by atoms with van der Waals surface area (Å²) in [6.45, 7) is 5.44. The van der Waals surface area contributed by atoms with E-state index in [1.165, 1.54) is 11.8 Å². The van der Waals surface area contributed by atoms with E-state index in [1.807, 2.05) is 24.8 Å². The smallest absolute Gasteiger partial charge is 0.287 e. The van der Waals surface area contributed by atoms with Crippen molar-refractivity contribution in [3.05, 3.63) is 60.1 Å². The molecule has 1 saturated heterocycles. The summed E-state index contributed by atoms with van der Waals surface area (Å²) in [5.41, 5.74) is 1.38. The zero-order valence-electron chi connectivity index (χ0n) is 16.8. The number of likely N-dealkylation sites (tertiary alicyclic amines) is 1. The third kappa shape index (κ3) is 5.24. The van der Waals surface area contributed by atoms with Crippen LogP contribution in [-0.2, 0) is 11.2 Å². The molecule has 0 radical (unpaired) electrons. The van der Waals surface area contributed by atoms with Crippen LogP contribution < -0.4 is 5.32 Å². The fraction of sp³-hybridized carbons (Fsp3) is 0.478. The summed E-state index contributed by atoms with van der Waals surface area (Å²) in [7, 11) is 0. The van der Waals surface area contributed by atoms with Crippen molar-refractivity contribution in [1.82, 2.24) is 10.2 Å². The zero-order chi connectivity index (χ0) is 19.9. The van der Waals surface area contributed by atoms with Gasteiger partial charge in [0.2, 0.25) is 5.91 Å². The van der Waals surface area contributed by atoms with Crippen LogP contribution in [0.4, 0.5) is 0 Å². The van der Waals surface area contributed by atoms with E-state index in [-0.39, 0.29) is 23.5 Å². The second-order valence-electron chi connectivity index (χ2n) is 7.97. The van der Waals surface area contributed by atoms with Crippen molar-refractivity contribution in [1.29, 1.82) is 0 Å². The van der Waals surface area contributed by atoms with Gasteiger partial charge in [-0.1, -0.05) is 44.2 Å². The van der Waals surface area contributed by atoms with Gasteiger partial charge in [-0.2, -0.15) is 0 Å². The third-order valence-electron chi connectivity index (χ3n) is 5.57. The molecule has 0 aliphatic carbocycles. The van der Waals surface area contributed by atoms with Gasteiger partial charge in [0.1, 0.15) is 6.04 Å². The number of hydrogen-bond acceptors (Lipinski definition) is 3. The maximum Gasteiger partial charge on any atom is 0.287 e. The molecular formula is C23H30N2O3. The van der Waals surface area contributed by atoms with E-state index < -0.39 is 6.04 Å². The van der Waals surface area contributed by atoms with E-state index in [0.717, 1.165) is 38.8 Å². The second kappa shape index (κ2) is 9.58. The Morgan fingerprint density at radius 1 is 1.11 bits per heavy atom. The number of nitrogens with zero attached hydrogens (tertiary/aromatic N) is 1. The predicted molar refractivity (Wildman–Crippen MR) is 109 cm³/mol. The molecule has 2 heterocycles. The number of carbonyl (C=O) groups excluding carboxylic acids is 2. The van der Waals surface area contributed by atoms with Gasteiger partial charge in [0.15, 0.2) is 5.76 Å². The lowest BCUT2D eigenvalue weighted by Gasteiger charge is -2.35. The highest BCUT2D eigenvalue weighted by atomic mass is 16.3. The Kier molecular flexibility index (Phi) is 6.90. The molecule has 0 saturated carbocycles. The van der Waals surface area contributed by atoms with E-state index in [2.05, 4.69) is 29.6 Å². The quantitative estimate of drug-likeness (QED) is 0.790. The van der Waals surface area contributed by atoms with E-state index in [1.54, 1.807) is 12.1 Å². The molecule has 0 spiro atoms. The van der Waals surface area contributed by atoms with Crippen molar-refractivity contribution in [2.75, 3.05) is 13.1 Å². The lowest BCUT2D eigenvalue weighted by atomic mass is 9.90. The number of furan rings is 1. The minimum atomic E-state index is -0.529. The van der Waals surface area contributed by atoms with E-state index >= 15 is 0 Å². The molecule has 1 atom stereocenters. The van der Waals surface area contributed by atoms with Crippen LogP contribution in [0.1, 0.15) is 49.2 Å². The van der Waals surface area contributed by atoms with Crippen LogP contribution in [0, 0.1) is 11.8 Å². The van der Waals surface area contributed by atoms with E-state index in [9.17, 15) is 9.59 Å². The third-order valence-corrected chi connectivity index (χ3v) is 5.57. The van der Waals surface area contributed by atoms with Gasteiger partial charge >= 0.3 is 0 Å². The molecule has 0 unspecified atom stereocenters. The number of aryl methyl sites for hydroxylation is 1. The molecule has 2 aromatic rings. The lowest BCUT2D eigenvalue weighted by Crippen LogP contribution is -2.53. The molecule has 5 heteroatoms. The molecule has 5 nitrogen and oxygen atoms in total. The van der Waals surface area contributed by atoms with Gasteiger partial charge in [-0.15, -0.1) is 0 Å². The number of nitrogens with one attached hydrogen (secondary N) is 1. The van der Waals surface area contributed by atoms with E-state index in [0.29, 0.717) is 5.92 Å². The first-order valence-corrected chi connectivity index (χ1v) is 10.2. The maximum absolute atomic E-state index is 13.0. The predicted octanol–water partition coefficient (Wildman–Crippen LogP) is 3.91. The first-order chi connectivity index (χ1) is 13.5. The summed E-state index contributed by atoms with van der Waals surface area (Å²) >= 11 is 0. The minimum Gasteiger partial charge on any atom is -0.459 e. The highest BCUT2D eigenvalue weighted by Gasteiger charge is 2.31. The topological polar surface area (TPSA) is 62.6 Å². The molecule has 1 aliphatic heterocycles. The zero-order valence-corrected chi connectivity index (χ0v) is 16.8. The van der Waals surface area contributed by atoms with Gasteiger partial charge in [0.05, 0.1) is 6.26 Å². The molecule has 3 rings (SSSR count). The Morgan fingerprint density at radius 2 is 1.82 bits per heavy atom. The van der Waals surface area contributed by atoms with Gasteiger partial charge < -0.3 is 14.6 Å². The van der Waals surface area contributed by atoms with Gasteiger partial charge in [-0.05, 0) is 55.2 Å². The maximum atomic E-state index is 13.0. The van der Waals surface area contributed by atoms with Gasteiger partial charge in [0, 0.05) is 13.1 Å². The van der Waals surface area contributed by atoms with Crippen LogP contribution in [-0.4, -0.2) is 35.8 Å². The van der Waals surface area contributed by atoms with Crippen molar-refractivity contribution in [3.63, 3.8) is 0 Å². The van der Waals surface area contributed by atoms with Crippen LogP contribution in [0.25, 0.3) is 0 Å². The molecule has 0 bridgehead atoms.